The Morgan fingerprint density at radius 3 is 2.75 bits per heavy atom. The molecule has 28 heavy (non-hydrogen) atoms. The van der Waals surface area contributed by atoms with Gasteiger partial charge in [0.1, 0.15) is 5.75 Å². The van der Waals surface area contributed by atoms with E-state index in [1.807, 2.05) is 48.7 Å². The summed E-state index contributed by atoms with van der Waals surface area (Å²) in [6.07, 6.45) is 10.5. The van der Waals surface area contributed by atoms with Crippen LogP contribution in [0.15, 0.2) is 65.0 Å². The summed E-state index contributed by atoms with van der Waals surface area (Å²) in [4.78, 5) is 12.5. The minimum absolute atomic E-state index is 0.0127. The second kappa shape index (κ2) is 7.98. The molecule has 0 bridgehead atoms. The van der Waals surface area contributed by atoms with Gasteiger partial charge in [-0.05, 0) is 80.2 Å². The first-order valence-corrected chi connectivity index (χ1v) is 10.5. The summed E-state index contributed by atoms with van der Waals surface area (Å²) < 4.78 is 11.6. The molecule has 2 aliphatic rings. The third-order valence-electron chi connectivity index (χ3n) is 7.22. The molecular weight excluding hydrogens is 348 g/mol. The highest BCUT2D eigenvalue weighted by molar-refractivity contribution is 5.91. The molecular formula is C25H30O3. The molecule has 0 saturated heterocycles. The summed E-state index contributed by atoms with van der Waals surface area (Å²) in [6.45, 7) is 5.17. The SMILES string of the molecule is CC1=CC(=O)C[C@@H]2[C@@H]1CC[C@@H](C)[C@@]2(CCc1ccoc1)COc1ccccc1. The summed E-state index contributed by atoms with van der Waals surface area (Å²) in [7, 11) is 0. The minimum Gasteiger partial charge on any atom is -0.493 e. The molecule has 1 aromatic heterocycles. The zero-order valence-corrected chi connectivity index (χ0v) is 16.9. The summed E-state index contributed by atoms with van der Waals surface area (Å²) in [5.41, 5.74) is 2.48. The number of para-hydroxylation sites is 1. The largest absolute Gasteiger partial charge is 0.493 e. The smallest absolute Gasteiger partial charge is 0.155 e. The van der Waals surface area contributed by atoms with Gasteiger partial charge in [-0.25, -0.2) is 0 Å². The highest BCUT2D eigenvalue weighted by Crippen LogP contribution is 2.55. The van der Waals surface area contributed by atoms with Crippen molar-refractivity contribution in [3.63, 3.8) is 0 Å². The Kier molecular flexibility index (Phi) is 5.43. The van der Waals surface area contributed by atoms with E-state index in [2.05, 4.69) is 13.8 Å². The van der Waals surface area contributed by atoms with E-state index in [-0.39, 0.29) is 11.2 Å². The maximum Gasteiger partial charge on any atom is 0.155 e. The van der Waals surface area contributed by atoms with Crippen molar-refractivity contribution in [2.45, 2.75) is 46.0 Å². The van der Waals surface area contributed by atoms with Crippen LogP contribution < -0.4 is 4.74 Å². The van der Waals surface area contributed by atoms with E-state index < -0.39 is 0 Å². The number of ketones is 1. The first-order valence-electron chi connectivity index (χ1n) is 10.5. The molecule has 0 unspecified atom stereocenters. The van der Waals surface area contributed by atoms with Crippen LogP contribution in [-0.4, -0.2) is 12.4 Å². The molecule has 0 amide bonds. The van der Waals surface area contributed by atoms with Crippen molar-refractivity contribution in [3.05, 3.63) is 66.1 Å². The van der Waals surface area contributed by atoms with E-state index in [1.54, 1.807) is 6.26 Å². The number of carbonyl (C=O) groups is 1. The Hall–Kier alpha value is -2.29. The van der Waals surface area contributed by atoms with Crippen LogP contribution in [0.1, 0.15) is 45.1 Å². The van der Waals surface area contributed by atoms with Crippen LogP contribution in [0.2, 0.25) is 0 Å². The predicted molar refractivity (Wildman–Crippen MR) is 110 cm³/mol. The van der Waals surface area contributed by atoms with Crippen molar-refractivity contribution in [2.24, 2.45) is 23.2 Å². The molecule has 3 nitrogen and oxygen atoms in total. The quantitative estimate of drug-likeness (QED) is 0.632. The van der Waals surface area contributed by atoms with E-state index in [0.29, 0.717) is 30.8 Å². The highest BCUT2D eigenvalue weighted by Gasteiger charge is 2.51. The second-order valence-electron chi connectivity index (χ2n) is 8.72. The minimum atomic E-state index is -0.0127. The van der Waals surface area contributed by atoms with Crippen molar-refractivity contribution in [3.8, 4) is 5.75 Å². The van der Waals surface area contributed by atoms with Crippen molar-refractivity contribution in [1.29, 1.82) is 0 Å². The van der Waals surface area contributed by atoms with Gasteiger partial charge in [-0.1, -0.05) is 30.7 Å². The first-order chi connectivity index (χ1) is 13.6. The number of furan rings is 1. The lowest BCUT2D eigenvalue weighted by atomic mass is 9.52. The highest BCUT2D eigenvalue weighted by atomic mass is 16.5. The van der Waals surface area contributed by atoms with Gasteiger partial charge in [-0.3, -0.25) is 4.79 Å². The lowest BCUT2D eigenvalue weighted by molar-refractivity contribution is -0.122. The molecule has 4 atom stereocenters. The van der Waals surface area contributed by atoms with E-state index >= 15 is 0 Å². The number of hydrogen-bond acceptors (Lipinski definition) is 3. The maximum absolute atomic E-state index is 12.5. The lowest BCUT2D eigenvalue weighted by Crippen LogP contribution is -2.51. The lowest BCUT2D eigenvalue weighted by Gasteiger charge is -2.53. The fraction of sp³-hybridized carbons (Fsp3) is 0.480. The van der Waals surface area contributed by atoms with Gasteiger partial charge in [0.25, 0.3) is 0 Å². The fourth-order valence-corrected chi connectivity index (χ4v) is 5.51. The molecule has 2 aliphatic carbocycles. The molecule has 3 heteroatoms. The number of ether oxygens (including phenoxy) is 1. The number of aryl methyl sites for hydroxylation is 1. The van der Waals surface area contributed by atoms with Gasteiger partial charge in [0.15, 0.2) is 5.78 Å². The number of benzene rings is 1. The normalized spacial score (nSPS) is 29.9. The Morgan fingerprint density at radius 1 is 1.18 bits per heavy atom. The molecule has 1 saturated carbocycles. The van der Waals surface area contributed by atoms with Gasteiger partial charge in [0, 0.05) is 11.8 Å². The van der Waals surface area contributed by atoms with Crippen LogP contribution in [-0.2, 0) is 11.2 Å². The van der Waals surface area contributed by atoms with Crippen LogP contribution in [0, 0.1) is 23.2 Å². The van der Waals surface area contributed by atoms with Crippen molar-refractivity contribution >= 4 is 5.78 Å². The van der Waals surface area contributed by atoms with Crippen molar-refractivity contribution in [2.75, 3.05) is 6.61 Å². The molecule has 0 N–H and O–H groups in total. The van der Waals surface area contributed by atoms with Crippen molar-refractivity contribution in [1.82, 2.24) is 0 Å². The zero-order chi connectivity index (χ0) is 19.6. The topological polar surface area (TPSA) is 39.4 Å². The number of allylic oxidation sites excluding steroid dienone is 2. The number of rotatable bonds is 6. The molecule has 1 aromatic carbocycles. The second-order valence-corrected chi connectivity index (χ2v) is 8.72. The molecule has 4 rings (SSSR count). The third-order valence-corrected chi connectivity index (χ3v) is 7.22. The van der Waals surface area contributed by atoms with E-state index in [1.165, 1.54) is 24.0 Å². The molecule has 148 valence electrons. The van der Waals surface area contributed by atoms with Gasteiger partial charge in [-0.2, -0.15) is 0 Å². The van der Waals surface area contributed by atoms with E-state index in [4.69, 9.17) is 9.15 Å². The Morgan fingerprint density at radius 2 is 2.00 bits per heavy atom. The first kappa shape index (κ1) is 19.0. The molecule has 0 spiro atoms. The summed E-state index contributed by atoms with van der Waals surface area (Å²) in [5, 5.41) is 0. The van der Waals surface area contributed by atoms with Gasteiger partial charge in [-0.15, -0.1) is 0 Å². The third kappa shape index (κ3) is 3.67. The molecule has 0 aliphatic heterocycles. The average molecular weight is 379 g/mol. The standard InChI is InChI=1S/C25H30O3/c1-18-14-21(26)15-24-23(18)9-8-19(2)25(24,12-10-20-11-13-27-16-20)17-28-22-6-4-3-5-7-22/h3-7,11,13-14,16,19,23-24H,8-10,12,15,17H2,1-2H3/t19-,23-,24-,25-/m1/s1. The number of carbonyl (C=O) groups excluding carboxylic acids is 1. The molecule has 1 fully saturated rings. The zero-order valence-electron chi connectivity index (χ0n) is 16.9. The van der Waals surface area contributed by atoms with Crippen LogP contribution in [0.4, 0.5) is 0 Å². The van der Waals surface area contributed by atoms with Crippen molar-refractivity contribution < 1.29 is 13.9 Å². The fourth-order valence-electron chi connectivity index (χ4n) is 5.51. The van der Waals surface area contributed by atoms with Crippen LogP contribution in [0.25, 0.3) is 0 Å². The average Bonchev–Trinajstić information content (AvgIpc) is 3.21. The van der Waals surface area contributed by atoms with Gasteiger partial charge >= 0.3 is 0 Å². The maximum atomic E-state index is 12.5. The predicted octanol–water partition coefficient (Wildman–Crippen LogP) is 5.86. The van der Waals surface area contributed by atoms with Crippen LogP contribution in [0.5, 0.6) is 5.75 Å². The summed E-state index contributed by atoms with van der Waals surface area (Å²) in [5.74, 6) is 2.55. The van der Waals surface area contributed by atoms with Gasteiger partial charge < -0.3 is 9.15 Å². The van der Waals surface area contributed by atoms with E-state index in [0.717, 1.165) is 18.6 Å². The summed E-state index contributed by atoms with van der Waals surface area (Å²) in [6, 6.07) is 12.1. The number of hydrogen-bond donors (Lipinski definition) is 0. The van der Waals surface area contributed by atoms with Crippen LogP contribution >= 0.6 is 0 Å². The van der Waals surface area contributed by atoms with Gasteiger partial charge in [0.05, 0.1) is 19.1 Å². The monoisotopic (exact) mass is 378 g/mol. The van der Waals surface area contributed by atoms with Gasteiger partial charge in [0.2, 0.25) is 0 Å². The Balaban J connectivity index is 1.65. The van der Waals surface area contributed by atoms with E-state index in [9.17, 15) is 4.79 Å². The molecule has 1 heterocycles. The molecule has 0 radical (unpaired) electrons. The van der Waals surface area contributed by atoms with Crippen LogP contribution in [0.3, 0.4) is 0 Å². The molecule has 2 aromatic rings. The Bertz CT molecular complexity index is 821. The number of fused-ring (bicyclic) bond motifs is 1. The summed E-state index contributed by atoms with van der Waals surface area (Å²) >= 11 is 0. The Labute approximate surface area is 167 Å².